The molecule has 1 saturated heterocycles. The van der Waals surface area contributed by atoms with Crippen LogP contribution in [0, 0.1) is 11.3 Å². The second-order valence-corrected chi connectivity index (χ2v) is 5.00. The van der Waals surface area contributed by atoms with Crippen LogP contribution in [-0.4, -0.2) is 60.7 Å². The molecule has 7 nitrogen and oxygen atoms in total. The van der Waals surface area contributed by atoms with Crippen molar-refractivity contribution in [1.29, 1.82) is 5.26 Å². The van der Waals surface area contributed by atoms with E-state index < -0.39 is 5.91 Å². The molecule has 1 heterocycles. The Kier molecular flexibility index (Phi) is 4.73. The second kappa shape index (κ2) is 6.72. The van der Waals surface area contributed by atoms with Gasteiger partial charge in [-0.3, -0.25) is 14.4 Å². The fourth-order valence-electron chi connectivity index (χ4n) is 2.04. The summed E-state index contributed by atoms with van der Waals surface area (Å²) in [6, 6.07) is 8.09. The number of benzene rings is 1. The van der Waals surface area contributed by atoms with Gasteiger partial charge in [-0.1, -0.05) is 0 Å². The number of amides is 3. The Morgan fingerprint density at radius 2 is 1.95 bits per heavy atom. The van der Waals surface area contributed by atoms with E-state index in [9.17, 15) is 14.4 Å². The summed E-state index contributed by atoms with van der Waals surface area (Å²) in [5, 5.41) is 11.2. The van der Waals surface area contributed by atoms with Gasteiger partial charge in [-0.15, -0.1) is 0 Å². The smallest absolute Gasteiger partial charge is 0.251 e. The molecule has 7 heteroatoms. The number of nitriles is 1. The summed E-state index contributed by atoms with van der Waals surface area (Å²) in [5.74, 6) is -0.792. The average molecular weight is 300 g/mol. The molecule has 1 N–H and O–H groups in total. The molecule has 1 aliphatic rings. The van der Waals surface area contributed by atoms with E-state index in [-0.39, 0.29) is 24.9 Å². The highest BCUT2D eigenvalue weighted by atomic mass is 16.2. The molecule has 3 amide bonds. The third-order valence-corrected chi connectivity index (χ3v) is 3.49. The van der Waals surface area contributed by atoms with Crippen LogP contribution in [0.2, 0.25) is 0 Å². The van der Waals surface area contributed by atoms with E-state index in [0.29, 0.717) is 24.2 Å². The Hall–Kier alpha value is -2.88. The minimum Gasteiger partial charge on any atom is -0.343 e. The first-order chi connectivity index (χ1) is 10.5. The molecule has 2 rings (SSSR count). The minimum absolute atomic E-state index is 0.0437. The van der Waals surface area contributed by atoms with Gasteiger partial charge in [0.2, 0.25) is 11.8 Å². The minimum atomic E-state index is -0.390. The third kappa shape index (κ3) is 3.61. The van der Waals surface area contributed by atoms with E-state index in [1.807, 2.05) is 6.07 Å². The summed E-state index contributed by atoms with van der Waals surface area (Å²) in [6.45, 7) is 0.847. The van der Waals surface area contributed by atoms with E-state index in [2.05, 4.69) is 5.32 Å². The Bertz CT molecular complexity index is 633. The van der Waals surface area contributed by atoms with Crippen molar-refractivity contribution in [2.75, 3.05) is 33.2 Å². The molecule has 0 atom stereocenters. The standard InChI is InChI=1S/C15H16N4O3/c1-18-6-7-19(10-14(18)21)13(20)9-17-15(22)12-4-2-11(8-16)3-5-12/h2-5H,6-7,9-10H2,1H3,(H,17,22). The van der Waals surface area contributed by atoms with Crippen molar-refractivity contribution >= 4 is 17.7 Å². The zero-order valence-corrected chi connectivity index (χ0v) is 12.2. The average Bonchev–Trinajstić information content (AvgIpc) is 2.54. The molecule has 114 valence electrons. The fraction of sp³-hybridized carbons (Fsp3) is 0.333. The van der Waals surface area contributed by atoms with E-state index in [0.717, 1.165) is 0 Å². The summed E-state index contributed by atoms with van der Waals surface area (Å²) in [7, 11) is 1.69. The highest BCUT2D eigenvalue weighted by Gasteiger charge is 2.24. The monoisotopic (exact) mass is 300 g/mol. The summed E-state index contributed by atoms with van der Waals surface area (Å²) >= 11 is 0. The molecule has 0 unspecified atom stereocenters. The molecule has 0 aliphatic carbocycles. The number of hydrogen-bond donors (Lipinski definition) is 1. The first-order valence-corrected chi connectivity index (χ1v) is 6.81. The van der Waals surface area contributed by atoms with Crippen LogP contribution in [0.15, 0.2) is 24.3 Å². The SMILES string of the molecule is CN1CCN(C(=O)CNC(=O)c2ccc(C#N)cc2)CC1=O. The highest BCUT2D eigenvalue weighted by Crippen LogP contribution is 2.04. The van der Waals surface area contributed by atoms with Crippen LogP contribution in [-0.2, 0) is 9.59 Å². The molecule has 22 heavy (non-hydrogen) atoms. The van der Waals surface area contributed by atoms with Gasteiger partial charge in [-0.25, -0.2) is 0 Å². The van der Waals surface area contributed by atoms with Crippen LogP contribution in [0.3, 0.4) is 0 Å². The Morgan fingerprint density at radius 3 is 2.55 bits per heavy atom. The van der Waals surface area contributed by atoms with E-state index in [1.165, 1.54) is 29.2 Å². The maximum atomic E-state index is 12.0. The predicted octanol–water partition coefficient (Wildman–Crippen LogP) is -0.411. The molecule has 0 spiro atoms. The summed E-state index contributed by atoms with van der Waals surface area (Å²) < 4.78 is 0. The Balaban J connectivity index is 1.86. The molecular formula is C15H16N4O3. The number of hydrogen-bond acceptors (Lipinski definition) is 4. The van der Waals surface area contributed by atoms with Gasteiger partial charge in [-0.05, 0) is 24.3 Å². The maximum Gasteiger partial charge on any atom is 0.251 e. The first-order valence-electron chi connectivity index (χ1n) is 6.81. The molecule has 0 bridgehead atoms. The van der Waals surface area contributed by atoms with E-state index in [4.69, 9.17) is 5.26 Å². The first kappa shape index (κ1) is 15.5. The van der Waals surface area contributed by atoms with Crippen molar-refractivity contribution in [3.05, 3.63) is 35.4 Å². The number of likely N-dealkylation sites (N-methyl/N-ethyl adjacent to an activating group) is 1. The molecule has 0 radical (unpaired) electrons. The summed E-state index contributed by atoms with van der Waals surface area (Å²) in [6.07, 6.45) is 0. The van der Waals surface area contributed by atoms with Crippen LogP contribution >= 0.6 is 0 Å². The lowest BCUT2D eigenvalue weighted by Crippen LogP contribution is -2.52. The van der Waals surface area contributed by atoms with Gasteiger partial charge in [0.05, 0.1) is 24.7 Å². The molecule has 1 aromatic carbocycles. The quantitative estimate of drug-likeness (QED) is 0.821. The second-order valence-electron chi connectivity index (χ2n) is 5.00. The van der Waals surface area contributed by atoms with Crippen LogP contribution in [0.4, 0.5) is 0 Å². The van der Waals surface area contributed by atoms with Crippen molar-refractivity contribution in [3.8, 4) is 6.07 Å². The number of carbonyl (C=O) groups excluding carboxylic acids is 3. The van der Waals surface area contributed by atoms with Gasteiger partial charge in [0, 0.05) is 25.7 Å². The van der Waals surface area contributed by atoms with Gasteiger partial charge in [0.25, 0.3) is 5.91 Å². The van der Waals surface area contributed by atoms with Gasteiger partial charge in [0.1, 0.15) is 0 Å². The highest BCUT2D eigenvalue weighted by molar-refractivity contribution is 5.97. The normalized spacial score (nSPS) is 14.5. The molecule has 1 aliphatic heterocycles. The van der Waals surface area contributed by atoms with E-state index >= 15 is 0 Å². The van der Waals surface area contributed by atoms with Crippen molar-refractivity contribution < 1.29 is 14.4 Å². The predicted molar refractivity (Wildman–Crippen MR) is 77.7 cm³/mol. The maximum absolute atomic E-state index is 12.0. The Morgan fingerprint density at radius 1 is 1.27 bits per heavy atom. The number of nitrogens with zero attached hydrogens (tertiary/aromatic N) is 3. The largest absolute Gasteiger partial charge is 0.343 e. The zero-order valence-electron chi connectivity index (χ0n) is 12.2. The van der Waals surface area contributed by atoms with Crippen molar-refractivity contribution in [3.63, 3.8) is 0 Å². The zero-order chi connectivity index (χ0) is 16.1. The lowest BCUT2D eigenvalue weighted by atomic mass is 10.1. The summed E-state index contributed by atoms with van der Waals surface area (Å²) in [5.41, 5.74) is 0.838. The lowest BCUT2D eigenvalue weighted by molar-refractivity contribution is -0.143. The number of piperazine rings is 1. The van der Waals surface area contributed by atoms with Crippen LogP contribution in [0.1, 0.15) is 15.9 Å². The third-order valence-electron chi connectivity index (χ3n) is 3.49. The molecular weight excluding hydrogens is 284 g/mol. The molecule has 1 fully saturated rings. The van der Waals surface area contributed by atoms with Gasteiger partial charge >= 0.3 is 0 Å². The van der Waals surface area contributed by atoms with Crippen molar-refractivity contribution in [2.24, 2.45) is 0 Å². The van der Waals surface area contributed by atoms with Crippen LogP contribution < -0.4 is 5.32 Å². The summed E-state index contributed by atoms with van der Waals surface area (Å²) in [4.78, 5) is 38.4. The number of carbonyl (C=O) groups is 3. The fourth-order valence-corrected chi connectivity index (χ4v) is 2.04. The topological polar surface area (TPSA) is 93.5 Å². The van der Waals surface area contributed by atoms with E-state index in [1.54, 1.807) is 11.9 Å². The van der Waals surface area contributed by atoms with Crippen molar-refractivity contribution in [2.45, 2.75) is 0 Å². The van der Waals surface area contributed by atoms with Crippen molar-refractivity contribution in [1.82, 2.24) is 15.1 Å². The molecule has 0 aromatic heterocycles. The van der Waals surface area contributed by atoms with Gasteiger partial charge in [-0.2, -0.15) is 5.26 Å². The molecule has 1 aromatic rings. The number of nitrogens with one attached hydrogen (secondary N) is 1. The van der Waals surface area contributed by atoms with Crippen LogP contribution in [0.5, 0.6) is 0 Å². The Labute approximate surface area is 128 Å². The lowest BCUT2D eigenvalue weighted by Gasteiger charge is -2.32. The van der Waals surface area contributed by atoms with Crippen LogP contribution in [0.25, 0.3) is 0 Å². The molecule has 0 saturated carbocycles. The number of rotatable bonds is 3. The van der Waals surface area contributed by atoms with Gasteiger partial charge in [0.15, 0.2) is 0 Å². The van der Waals surface area contributed by atoms with Gasteiger partial charge < -0.3 is 15.1 Å².